The summed E-state index contributed by atoms with van der Waals surface area (Å²) in [5.41, 5.74) is 6.73. The highest BCUT2D eigenvalue weighted by Crippen LogP contribution is 2.08. The van der Waals surface area contributed by atoms with E-state index in [9.17, 15) is 8.78 Å². The summed E-state index contributed by atoms with van der Waals surface area (Å²) >= 11 is 0. The zero-order valence-electron chi connectivity index (χ0n) is 10.1. The summed E-state index contributed by atoms with van der Waals surface area (Å²) in [6.45, 7) is 1.64. The Kier molecular flexibility index (Phi) is 5.21. The van der Waals surface area contributed by atoms with Crippen molar-refractivity contribution in [2.24, 2.45) is 5.73 Å². The molecule has 1 heterocycles. The standard InChI is InChI=1S/C11H18F2N4/c1-3-9(14)4-8-5-15-11(16-6-8)17(2)7-10(12)13/h5-6,9-10H,3-4,7,14H2,1-2H3. The van der Waals surface area contributed by atoms with Gasteiger partial charge in [0.2, 0.25) is 5.95 Å². The Balaban J connectivity index is 2.61. The molecule has 0 fully saturated rings. The zero-order chi connectivity index (χ0) is 12.8. The third-order valence-electron chi connectivity index (χ3n) is 2.47. The van der Waals surface area contributed by atoms with Crippen LogP contribution >= 0.6 is 0 Å². The predicted octanol–water partition coefficient (Wildman–Crippen LogP) is 1.46. The molecule has 0 saturated heterocycles. The average Bonchev–Trinajstić information content (AvgIpc) is 2.28. The van der Waals surface area contributed by atoms with E-state index in [1.165, 1.54) is 4.90 Å². The maximum Gasteiger partial charge on any atom is 0.255 e. The van der Waals surface area contributed by atoms with Gasteiger partial charge in [0, 0.05) is 25.5 Å². The first-order valence-electron chi connectivity index (χ1n) is 5.58. The average molecular weight is 244 g/mol. The van der Waals surface area contributed by atoms with Crippen LogP contribution in [0.3, 0.4) is 0 Å². The Bertz CT molecular complexity index is 329. The van der Waals surface area contributed by atoms with E-state index in [1.807, 2.05) is 6.92 Å². The van der Waals surface area contributed by atoms with E-state index in [1.54, 1.807) is 19.4 Å². The number of halogens is 2. The maximum absolute atomic E-state index is 12.2. The Morgan fingerprint density at radius 3 is 2.41 bits per heavy atom. The highest BCUT2D eigenvalue weighted by molar-refractivity contribution is 5.28. The van der Waals surface area contributed by atoms with Crippen molar-refractivity contribution in [1.82, 2.24) is 9.97 Å². The smallest absolute Gasteiger partial charge is 0.255 e. The van der Waals surface area contributed by atoms with Gasteiger partial charge in [0.15, 0.2) is 0 Å². The van der Waals surface area contributed by atoms with Crippen LogP contribution in [-0.4, -0.2) is 36.0 Å². The third-order valence-corrected chi connectivity index (χ3v) is 2.47. The molecular formula is C11H18F2N4. The van der Waals surface area contributed by atoms with Gasteiger partial charge >= 0.3 is 0 Å². The quantitative estimate of drug-likeness (QED) is 0.823. The minimum Gasteiger partial charge on any atom is -0.338 e. The fourth-order valence-electron chi connectivity index (χ4n) is 1.39. The van der Waals surface area contributed by atoms with Crippen molar-refractivity contribution in [3.05, 3.63) is 18.0 Å². The Morgan fingerprint density at radius 2 is 1.94 bits per heavy atom. The molecule has 1 atom stereocenters. The van der Waals surface area contributed by atoms with E-state index in [0.717, 1.165) is 12.0 Å². The number of anilines is 1. The molecule has 0 saturated carbocycles. The summed E-state index contributed by atoms with van der Waals surface area (Å²) in [7, 11) is 1.54. The van der Waals surface area contributed by atoms with Crippen molar-refractivity contribution in [3.63, 3.8) is 0 Å². The lowest BCUT2D eigenvalue weighted by Gasteiger charge is -2.16. The summed E-state index contributed by atoms with van der Waals surface area (Å²) in [5.74, 6) is 0.305. The molecule has 0 amide bonds. The predicted molar refractivity (Wildman–Crippen MR) is 63.3 cm³/mol. The fourth-order valence-corrected chi connectivity index (χ4v) is 1.39. The molecule has 1 rings (SSSR count). The van der Waals surface area contributed by atoms with Crippen LogP contribution in [0.2, 0.25) is 0 Å². The van der Waals surface area contributed by atoms with Crippen molar-refractivity contribution >= 4 is 5.95 Å². The molecule has 4 nitrogen and oxygen atoms in total. The van der Waals surface area contributed by atoms with Crippen LogP contribution in [0, 0.1) is 0 Å². The van der Waals surface area contributed by atoms with Gasteiger partial charge in [-0.2, -0.15) is 0 Å². The molecule has 96 valence electrons. The van der Waals surface area contributed by atoms with Gasteiger partial charge in [-0.1, -0.05) is 6.92 Å². The lowest BCUT2D eigenvalue weighted by atomic mass is 10.1. The second-order valence-corrected chi connectivity index (χ2v) is 4.04. The molecular weight excluding hydrogens is 226 g/mol. The van der Waals surface area contributed by atoms with Crippen LogP contribution in [0.1, 0.15) is 18.9 Å². The summed E-state index contributed by atoms with van der Waals surface area (Å²) in [6, 6.07) is 0.0863. The first-order valence-corrected chi connectivity index (χ1v) is 5.58. The van der Waals surface area contributed by atoms with Crippen molar-refractivity contribution in [2.45, 2.75) is 32.2 Å². The second-order valence-electron chi connectivity index (χ2n) is 4.04. The Labute approximate surface area is 99.9 Å². The van der Waals surface area contributed by atoms with Gasteiger partial charge in [-0.05, 0) is 18.4 Å². The zero-order valence-corrected chi connectivity index (χ0v) is 10.1. The molecule has 0 radical (unpaired) electrons. The number of hydrogen-bond donors (Lipinski definition) is 1. The topological polar surface area (TPSA) is 55.0 Å². The normalized spacial score (nSPS) is 12.8. The minimum atomic E-state index is -2.39. The minimum absolute atomic E-state index is 0.0863. The Hall–Kier alpha value is -1.30. The van der Waals surface area contributed by atoms with Gasteiger partial charge in [0.25, 0.3) is 6.43 Å². The van der Waals surface area contributed by atoms with Crippen LogP contribution in [-0.2, 0) is 6.42 Å². The van der Waals surface area contributed by atoms with Crippen LogP contribution < -0.4 is 10.6 Å². The number of nitrogens with two attached hydrogens (primary N) is 1. The maximum atomic E-state index is 12.2. The van der Waals surface area contributed by atoms with Crippen molar-refractivity contribution in [3.8, 4) is 0 Å². The lowest BCUT2D eigenvalue weighted by Crippen LogP contribution is -2.26. The molecule has 1 aromatic rings. The highest BCUT2D eigenvalue weighted by atomic mass is 19.3. The van der Waals surface area contributed by atoms with Gasteiger partial charge in [-0.15, -0.1) is 0 Å². The molecule has 6 heteroatoms. The number of hydrogen-bond acceptors (Lipinski definition) is 4. The summed E-state index contributed by atoms with van der Waals surface area (Å²) in [4.78, 5) is 9.42. The molecule has 17 heavy (non-hydrogen) atoms. The van der Waals surface area contributed by atoms with E-state index in [-0.39, 0.29) is 12.6 Å². The van der Waals surface area contributed by atoms with Crippen LogP contribution in [0.5, 0.6) is 0 Å². The van der Waals surface area contributed by atoms with Gasteiger partial charge in [0.1, 0.15) is 0 Å². The fraction of sp³-hybridized carbons (Fsp3) is 0.636. The van der Waals surface area contributed by atoms with E-state index in [4.69, 9.17) is 5.73 Å². The number of alkyl halides is 2. The van der Waals surface area contributed by atoms with Crippen LogP contribution in [0.15, 0.2) is 12.4 Å². The van der Waals surface area contributed by atoms with Crippen LogP contribution in [0.4, 0.5) is 14.7 Å². The molecule has 0 aromatic carbocycles. The SMILES string of the molecule is CCC(N)Cc1cnc(N(C)CC(F)F)nc1. The highest BCUT2D eigenvalue weighted by Gasteiger charge is 2.11. The van der Waals surface area contributed by atoms with Gasteiger partial charge in [-0.3, -0.25) is 0 Å². The van der Waals surface area contributed by atoms with Crippen LogP contribution in [0.25, 0.3) is 0 Å². The first kappa shape index (κ1) is 13.8. The third kappa shape index (κ3) is 4.60. The second kappa shape index (κ2) is 6.44. The van der Waals surface area contributed by atoms with E-state index < -0.39 is 6.43 Å². The Morgan fingerprint density at radius 1 is 1.35 bits per heavy atom. The van der Waals surface area contributed by atoms with Gasteiger partial charge < -0.3 is 10.6 Å². The van der Waals surface area contributed by atoms with Crippen molar-refractivity contribution < 1.29 is 8.78 Å². The largest absolute Gasteiger partial charge is 0.338 e. The molecule has 0 aliphatic carbocycles. The molecule has 0 aliphatic heterocycles. The molecule has 1 unspecified atom stereocenters. The summed E-state index contributed by atoms with van der Waals surface area (Å²) < 4.78 is 24.3. The van der Waals surface area contributed by atoms with E-state index in [2.05, 4.69) is 9.97 Å². The number of rotatable bonds is 6. The number of aromatic nitrogens is 2. The lowest BCUT2D eigenvalue weighted by molar-refractivity contribution is 0.156. The molecule has 0 bridgehead atoms. The van der Waals surface area contributed by atoms with Crippen molar-refractivity contribution in [2.75, 3.05) is 18.5 Å². The summed E-state index contributed by atoms with van der Waals surface area (Å²) in [6.07, 6.45) is 2.47. The molecule has 2 N–H and O–H groups in total. The molecule has 1 aromatic heterocycles. The molecule has 0 spiro atoms. The summed E-state index contributed by atoms with van der Waals surface area (Å²) in [5, 5.41) is 0. The number of nitrogens with zero attached hydrogens (tertiary/aromatic N) is 3. The first-order chi connectivity index (χ1) is 8.02. The van der Waals surface area contributed by atoms with Gasteiger partial charge in [-0.25, -0.2) is 18.7 Å². The van der Waals surface area contributed by atoms with Crippen molar-refractivity contribution in [1.29, 1.82) is 0 Å². The van der Waals surface area contributed by atoms with E-state index in [0.29, 0.717) is 12.4 Å². The monoisotopic (exact) mass is 244 g/mol. The molecule has 0 aliphatic rings. The van der Waals surface area contributed by atoms with Gasteiger partial charge in [0.05, 0.1) is 6.54 Å². The van der Waals surface area contributed by atoms with E-state index >= 15 is 0 Å².